The topological polar surface area (TPSA) is 105 Å². The second-order valence-corrected chi connectivity index (χ2v) is 10.3. The van der Waals surface area contributed by atoms with Gasteiger partial charge in [0.25, 0.3) is 5.91 Å². The Hall–Kier alpha value is -3.83. The van der Waals surface area contributed by atoms with Crippen LogP contribution in [0.1, 0.15) is 37.4 Å². The van der Waals surface area contributed by atoms with Gasteiger partial charge in [-0.25, -0.2) is 9.80 Å². The van der Waals surface area contributed by atoms with Gasteiger partial charge in [0.2, 0.25) is 6.79 Å². The summed E-state index contributed by atoms with van der Waals surface area (Å²) in [7, 11) is 1.62. The Morgan fingerprint density at radius 2 is 1.85 bits per heavy atom. The number of nitrogens with zero attached hydrogens (tertiary/aromatic N) is 4. The number of ether oxygens (including phenoxy) is 4. The van der Waals surface area contributed by atoms with Crippen molar-refractivity contribution in [1.82, 2.24) is 20.1 Å². The van der Waals surface area contributed by atoms with Gasteiger partial charge in [0.05, 0.1) is 32.1 Å². The quantitative estimate of drug-likeness (QED) is 0.511. The fraction of sp³-hybridized carbons (Fsp3) is 0.483. The molecule has 3 aliphatic heterocycles. The lowest BCUT2D eigenvalue weighted by atomic mass is 9.98. The number of methoxy groups -OCH3 is 1. The molecule has 5 rings (SSSR count). The first-order chi connectivity index (χ1) is 19.4. The Morgan fingerprint density at radius 1 is 1.10 bits per heavy atom. The molecule has 0 unspecified atom stereocenters. The maximum absolute atomic E-state index is 13.9. The van der Waals surface area contributed by atoms with Gasteiger partial charge in [0.15, 0.2) is 11.5 Å². The highest BCUT2D eigenvalue weighted by Crippen LogP contribution is 2.39. The summed E-state index contributed by atoms with van der Waals surface area (Å²) < 4.78 is 21.8. The lowest BCUT2D eigenvalue weighted by molar-refractivity contribution is -0.133. The Bertz CT molecular complexity index is 1230. The first-order valence-electron chi connectivity index (χ1n) is 13.7. The zero-order valence-corrected chi connectivity index (χ0v) is 23.3. The molecule has 3 amide bonds. The SMILES string of the molecule is COc1ccc(C2=NN(C(=O)CN(CCN3CCOCC3)C(=O)NC(C)C)[C@H](c3ccc4c(c3)OCO4)C2)cc1. The van der Waals surface area contributed by atoms with Crippen LogP contribution in [0.2, 0.25) is 0 Å². The molecule has 2 aromatic rings. The Labute approximate surface area is 234 Å². The van der Waals surface area contributed by atoms with Gasteiger partial charge in [-0.15, -0.1) is 0 Å². The third-order valence-corrected chi connectivity index (χ3v) is 7.19. The molecule has 11 heteroatoms. The van der Waals surface area contributed by atoms with E-state index in [9.17, 15) is 9.59 Å². The van der Waals surface area contributed by atoms with Crippen molar-refractivity contribution in [1.29, 1.82) is 0 Å². The first-order valence-corrected chi connectivity index (χ1v) is 13.7. The summed E-state index contributed by atoms with van der Waals surface area (Å²) in [5.41, 5.74) is 2.57. The smallest absolute Gasteiger partial charge is 0.318 e. The molecule has 40 heavy (non-hydrogen) atoms. The lowest BCUT2D eigenvalue weighted by Crippen LogP contribution is -2.50. The monoisotopic (exact) mass is 551 g/mol. The van der Waals surface area contributed by atoms with E-state index in [4.69, 9.17) is 24.0 Å². The standard InChI is InChI=1S/C29H37N5O6/c1-20(2)30-29(36)33(11-10-32-12-14-38-15-13-32)18-28(35)34-25(22-6-9-26-27(16-22)40-19-39-26)17-24(31-34)21-4-7-23(37-3)8-5-21/h4-9,16,20,25H,10-15,17-19H2,1-3H3,(H,30,36)/t25-/m0/s1. The van der Waals surface area contributed by atoms with E-state index in [0.29, 0.717) is 44.2 Å². The minimum atomic E-state index is -0.353. The number of fused-ring (bicyclic) bond motifs is 1. The number of rotatable bonds is 9. The van der Waals surface area contributed by atoms with Gasteiger partial charge in [-0.1, -0.05) is 6.07 Å². The van der Waals surface area contributed by atoms with Crippen molar-refractivity contribution in [3.63, 3.8) is 0 Å². The molecule has 1 fully saturated rings. The summed E-state index contributed by atoms with van der Waals surface area (Å²) in [4.78, 5) is 30.8. The number of benzene rings is 2. The van der Waals surface area contributed by atoms with Crippen LogP contribution in [-0.4, -0.2) is 98.3 Å². The second-order valence-electron chi connectivity index (χ2n) is 10.3. The molecule has 0 spiro atoms. The molecule has 3 heterocycles. The van der Waals surface area contributed by atoms with Crippen LogP contribution in [0.15, 0.2) is 47.6 Å². The molecule has 1 N–H and O–H groups in total. The molecular formula is C29H37N5O6. The van der Waals surface area contributed by atoms with Gasteiger partial charge < -0.3 is 29.2 Å². The number of urea groups is 1. The summed E-state index contributed by atoms with van der Waals surface area (Å²) in [5, 5.41) is 9.24. The summed E-state index contributed by atoms with van der Waals surface area (Å²) in [6.45, 7) is 7.92. The fourth-order valence-corrected chi connectivity index (χ4v) is 4.99. The summed E-state index contributed by atoms with van der Waals surface area (Å²) in [6, 6.07) is 12.7. The highest BCUT2D eigenvalue weighted by molar-refractivity contribution is 6.03. The van der Waals surface area contributed by atoms with Crippen LogP contribution in [0, 0.1) is 0 Å². The van der Waals surface area contributed by atoms with Crippen LogP contribution >= 0.6 is 0 Å². The number of hydrazone groups is 1. The van der Waals surface area contributed by atoms with E-state index in [2.05, 4.69) is 10.2 Å². The maximum atomic E-state index is 13.9. The molecule has 0 saturated carbocycles. The van der Waals surface area contributed by atoms with Crippen molar-refractivity contribution in [3.05, 3.63) is 53.6 Å². The molecule has 1 atom stereocenters. The average molecular weight is 552 g/mol. The van der Waals surface area contributed by atoms with E-state index in [-0.39, 0.29) is 37.4 Å². The van der Waals surface area contributed by atoms with Gasteiger partial charge in [-0.3, -0.25) is 9.69 Å². The lowest BCUT2D eigenvalue weighted by Gasteiger charge is -2.31. The molecule has 11 nitrogen and oxygen atoms in total. The molecule has 0 radical (unpaired) electrons. The van der Waals surface area contributed by atoms with E-state index in [1.807, 2.05) is 56.3 Å². The van der Waals surface area contributed by atoms with Crippen LogP contribution in [-0.2, 0) is 9.53 Å². The van der Waals surface area contributed by atoms with Crippen molar-refractivity contribution >= 4 is 17.6 Å². The third-order valence-electron chi connectivity index (χ3n) is 7.19. The molecular weight excluding hydrogens is 514 g/mol. The van der Waals surface area contributed by atoms with Crippen molar-refractivity contribution < 1.29 is 28.5 Å². The normalized spacial score (nSPS) is 18.6. The number of hydrogen-bond acceptors (Lipinski definition) is 8. The Morgan fingerprint density at radius 3 is 2.58 bits per heavy atom. The summed E-state index contributed by atoms with van der Waals surface area (Å²) >= 11 is 0. The van der Waals surface area contributed by atoms with Gasteiger partial charge in [-0.2, -0.15) is 5.10 Å². The molecule has 0 aromatic heterocycles. The number of carbonyl (C=O) groups excluding carboxylic acids is 2. The van der Waals surface area contributed by atoms with Gasteiger partial charge in [0.1, 0.15) is 12.3 Å². The number of nitrogens with one attached hydrogen (secondary N) is 1. The number of amides is 3. The second kappa shape index (κ2) is 12.6. The molecule has 0 aliphatic carbocycles. The van der Waals surface area contributed by atoms with Crippen LogP contribution in [0.5, 0.6) is 17.2 Å². The predicted molar refractivity (Wildman–Crippen MR) is 149 cm³/mol. The van der Waals surface area contributed by atoms with Gasteiger partial charge in [0, 0.05) is 38.6 Å². The van der Waals surface area contributed by atoms with Crippen LogP contribution < -0.4 is 19.5 Å². The highest BCUT2D eigenvalue weighted by Gasteiger charge is 2.35. The van der Waals surface area contributed by atoms with Crippen LogP contribution in [0.25, 0.3) is 0 Å². The van der Waals surface area contributed by atoms with Crippen molar-refractivity contribution in [2.45, 2.75) is 32.4 Å². The van der Waals surface area contributed by atoms with Crippen LogP contribution in [0.4, 0.5) is 4.79 Å². The maximum Gasteiger partial charge on any atom is 0.318 e. The largest absolute Gasteiger partial charge is 0.497 e. The molecule has 1 saturated heterocycles. The number of hydrogen-bond donors (Lipinski definition) is 1. The Kier molecular flexibility index (Phi) is 8.71. The van der Waals surface area contributed by atoms with E-state index in [0.717, 1.165) is 35.7 Å². The molecule has 0 bridgehead atoms. The fourth-order valence-electron chi connectivity index (χ4n) is 4.99. The minimum Gasteiger partial charge on any atom is -0.497 e. The Balaban J connectivity index is 1.38. The van der Waals surface area contributed by atoms with E-state index >= 15 is 0 Å². The van der Waals surface area contributed by atoms with Crippen molar-refractivity contribution in [2.24, 2.45) is 5.10 Å². The molecule has 214 valence electrons. The summed E-state index contributed by atoms with van der Waals surface area (Å²) in [5.74, 6) is 1.81. The first kappa shape index (κ1) is 27.7. The zero-order valence-electron chi connectivity index (χ0n) is 23.3. The third kappa shape index (κ3) is 6.48. The minimum absolute atomic E-state index is 0.0543. The van der Waals surface area contributed by atoms with Crippen molar-refractivity contribution in [2.75, 3.05) is 59.8 Å². The van der Waals surface area contributed by atoms with E-state index < -0.39 is 0 Å². The predicted octanol–water partition coefficient (Wildman–Crippen LogP) is 2.85. The summed E-state index contributed by atoms with van der Waals surface area (Å²) in [6.07, 6.45) is 0.518. The van der Waals surface area contributed by atoms with Crippen molar-refractivity contribution in [3.8, 4) is 17.2 Å². The average Bonchev–Trinajstić information content (AvgIpc) is 3.62. The van der Waals surface area contributed by atoms with E-state index in [1.54, 1.807) is 12.0 Å². The molecule has 2 aromatic carbocycles. The van der Waals surface area contributed by atoms with Gasteiger partial charge >= 0.3 is 6.03 Å². The number of carbonyl (C=O) groups is 2. The highest BCUT2D eigenvalue weighted by atomic mass is 16.7. The van der Waals surface area contributed by atoms with Crippen LogP contribution in [0.3, 0.4) is 0 Å². The van der Waals surface area contributed by atoms with E-state index in [1.165, 1.54) is 5.01 Å². The van der Waals surface area contributed by atoms with Gasteiger partial charge in [-0.05, 0) is 61.4 Å². The number of morpholine rings is 1. The molecule has 3 aliphatic rings. The zero-order chi connectivity index (χ0) is 28.1.